The number of ether oxygens (including phenoxy) is 1. The molecule has 0 amide bonds. The van der Waals surface area contributed by atoms with E-state index in [-0.39, 0.29) is 11.8 Å². The Morgan fingerprint density at radius 1 is 1.55 bits per heavy atom. The van der Waals surface area contributed by atoms with Crippen LogP contribution >= 0.6 is 11.3 Å². The van der Waals surface area contributed by atoms with E-state index >= 15 is 0 Å². The summed E-state index contributed by atoms with van der Waals surface area (Å²) in [6, 6.07) is 6.33. The lowest BCUT2D eigenvalue weighted by molar-refractivity contribution is 0.379. The maximum Gasteiger partial charge on any atom is 0.244 e. The van der Waals surface area contributed by atoms with Crippen molar-refractivity contribution in [3.8, 4) is 11.9 Å². The molecule has 0 spiro atoms. The van der Waals surface area contributed by atoms with Crippen LogP contribution in [0.5, 0.6) is 5.88 Å². The van der Waals surface area contributed by atoms with Crippen molar-refractivity contribution in [1.82, 2.24) is 10.2 Å². The molecule has 0 saturated carbocycles. The highest BCUT2D eigenvalue weighted by atomic mass is 32.1. The van der Waals surface area contributed by atoms with E-state index in [1.807, 2.05) is 6.92 Å². The second-order valence-corrected chi connectivity index (χ2v) is 5.85. The highest BCUT2D eigenvalue weighted by Crippen LogP contribution is 2.44. The highest BCUT2D eigenvalue weighted by Gasteiger charge is 2.34. The number of aryl methyl sites for hydroxylation is 2. The zero-order chi connectivity index (χ0) is 14.3. The molecule has 3 N–H and O–H groups in total. The molecule has 1 aliphatic heterocycles. The first-order chi connectivity index (χ1) is 9.65. The zero-order valence-corrected chi connectivity index (χ0v) is 12.0. The molecule has 0 fully saturated rings. The van der Waals surface area contributed by atoms with Gasteiger partial charge in [0.05, 0.1) is 11.5 Å². The number of nitrogens with zero attached hydrogens (tertiary/aromatic N) is 2. The summed E-state index contributed by atoms with van der Waals surface area (Å²) in [5.41, 5.74) is 8.12. The molecule has 0 saturated heterocycles. The molecule has 20 heavy (non-hydrogen) atoms. The number of thiophene rings is 1. The highest BCUT2D eigenvalue weighted by molar-refractivity contribution is 7.12. The second kappa shape index (κ2) is 4.69. The third kappa shape index (κ3) is 1.79. The smallest absolute Gasteiger partial charge is 0.244 e. The Balaban J connectivity index is 2.19. The van der Waals surface area contributed by atoms with Crippen LogP contribution in [0.4, 0.5) is 0 Å². The molecule has 2 aromatic heterocycles. The van der Waals surface area contributed by atoms with Crippen molar-refractivity contribution in [1.29, 1.82) is 5.26 Å². The number of nitriles is 1. The number of aromatic nitrogens is 2. The largest absolute Gasteiger partial charge is 0.420 e. The van der Waals surface area contributed by atoms with E-state index in [9.17, 15) is 5.26 Å². The van der Waals surface area contributed by atoms with Gasteiger partial charge in [-0.1, -0.05) is 6.92 Å². The van der Waals surface area contributed by atoms with Crippen LogP contribution in [0, 0.1) is 18.3 Å². The topological polar surface area (TPSA) is 87.7 Å². The van der Waals surface area contributed by atoms with Crippen LogP contribution in [0.3, 0.4) is 0 Å². The van der Waals surface area contributed by atoms with E-state index in [1.54, 1.807) is 11.3 Å². The van der Waals surface area contributed by atoms with Gasteiger partial charge in [0, 0.05) is 15.4 Å². The maximum absolute atomic E-state index is 9.42. The molecule has 0 radical (unpaired) electrons. The van der Waals surface area contributed by atoms with Gasteiger partial charge in [-0.2, -0.15) is 5.26 Å². The minimum absolute atomic E-state index is 0.142. The Labute approximate surface area is 120 Å². The lowest BCUT2D eigenvalue weighted by Crippen LogP contribution is -2.20. The minimum Gasteiger partial charge on any atom is -0.420 e. The first-order valence-electron chi connectivity index (χ1n) is 6.36. The quantitative estimate of drug-likeness (QED) is 0.888. The predicted molar refractivity (Wildman–Crippen MR) is 76.3 cm³/mol. The van der Waals surface area contributed by atoms with Crippen molar-refractivity contribution in [3.63, 3.8) is 0 Å². The Bertz CT molecular complexity index is 735. The summed E-state index contributed by atoms with van der Waals surface area (Å²) < 4.78 is 5.44. The van der Waals surface area contributed by atoms with Gasteiger partial charge in [-0.3, -0.25) is 5.10 Å². The van der Waals surface area contributed by atoms with E-state index in [2.05, 4.69) is 35.3 Å². The predicted octanol–water partition coefficient (Wildman–Crippen LogP) is 2.56. The summed E-state index contributed by atoms with van der Waals surface area (Å²) in [7, 11) is 0. The average molecular weight is 286 g/mol. The van der Waals surface area contributed by atoms with Crippen molar-refractivity contribution in [2.75, 3.05) is 0 Å². The number of fused-ring (bicyclic) bond motifs is 1. The van der Waals surface area contributed by atoms with Crippen LogP contribution in [-0.2, 0) is 6.42 Å². The molecule has 0 aliphatic carbocycles. The third-order valence-corrected chi connectivity index (χ3v) is 4.74. The zero-order valence-electron chi connectivity index (χ0n) is 11.2. The number of H-pyrrole nitrogens is 1. The molecule has 0 aromatic carbocycles. The molecule has 3 rings (SSSR count). The van der Waals surface area contributed by atoms with Gasteiger partial charge in [-0.25, -0.2) is 0 Å². The Hall–Kier alpha value is -2.26. The van der Waals surface area contributed by atoms with Crippen LogP contribution in [-0.4, -0.2) is 10.2 Å². The molecule has 1 aliphatic rings. The SMILES string of the molecule is CCc1ccc(C2C(C#N)=C(N)Oc3n[nH]c(C)c32)s1. The number of rotatable bonds is 2. The molecular weight excluding hydrogens is 272 g/mol. The normalized spacial score (nSPS) is 17.6. The van der Waals surface area contributed by atoms with Crippen LogP contribution < -0.4 is 10.5 Å². The average Bonchev–Trinajstić information content (AvgIpc) is 3.05. The molecule has 0 bridgehead atoms. The summed E-state index contributed by atoms with van der Waals surface area (Å²) in [6.07, 6.45) is 0.978. The summed E-state index contributed by atoms with van der Waals surface area (Å²) in [4.78, 5) is 2.38. The fourth-order valence-electron chi connectivity index (χ4n) is 2.42. The number of aromatic amines is 1. The lowest BCUT2D eigenvalue weighted by Gasteiger charge is -2.22. The standard InChI is InChI=1S/C14H14N4OS/c1-3-8-4-5-10(20-8)12-9(6-15)13(16)19-14-11(12)7(2)17-18-14/h4-5,12H,3,16H2,1-2H3,(H,17,18). The van der Waals surface area contributed by atoms with Crippen LogP contribution in [0.25, 0.3) is 0 Å². The van der Waals surface area contributed by atoms with Gasteiger partial charge in [-0.05, 0) is 25.5 Å². The van der Waals surface area contributed by atoms with E-state index in [1.165, 1.54) is 4.88 Å². The summed E-state index contributed by atoms with van der Waals surface area (Å²) in [5, 5.41) is 16.4. The van der Waals surface area contributed by atoms with Crippen molar-refractivity contribution in [2.24, 2.45) is 5.73 Å². The molecule has 3 heterocycles. The van der Waals surface area contributed by atoms with Crippen molar-refractivity contribution in [2.45, 2.75) is 26.2 Å². The summed E-state index contributed by atoms with van der Waals surface area (Å²) in [6.45, 7) is 4.04. The molecule has 102 valence electrons. The van der Waals surface area contributed by atoms with Gasteiger partial charge in [-0.15, -0.1) is 16.4 Å². The lowest BCUT2D eigenvalue weighted by atomic mass is 9.89. The fourth-order valence-corrected chi connectivity index (χ4v) is 3.50. The Kier molecular flexibility index (Phi) is 2.99. The maximum atomic E-state index is 9.42. The van der Waals surface area contributed by atoms with Crippen LogP contribution in [0.1, 0.15) is 33.9 Å². The van der Waals surface area contributed by atoms with Crippen LogP contribution in [0.15, 0.2) is 23.6 Å². The number of nitrogens with two attached hydrogens (primary N) is 1. The number of nitrogens with one attached hydrogen (secondary N) is 1. The van der Waals surface area contributed by atoms with E-state index in [4.69, 9.17) is 10.5 Å². The Morgan fingerprint density at radius 3 is 3.00 bits per heavy atom. The number of hydrogen-bond acceptors (Lipinski definition) is 5. The molecular formula is C14H14N4OS. The van der Waals surface area contributed by atoms with Crippen molar-refractivity contribution in [3.05, 3.63) is 44.6 Å². The van der Waals surface area contributed by atoms with Gasteiger partial charge in [0.25, 0.3) is 0 Å². The minimum atomic E-state index is -0.187. The van der Waals surface area contributed by atoms with Gasteiger partial charge in [0.2, 0.25) is 11.8 Å². The fraction of sp³-hybridized carbons (Fsp3) is 0.286. The van der Waals surface area contributed by atoms with Gasteiger partial charge in [0.15, 0.2) is 0 Å². The second-order valence-electron chi connectivity index (χ2n) is 4.65. The van der Waals surface area contributed by atoms with Gasteiger partial charge < -0.3 is 10.5 Å². The van der Waals surface area contributed by atoms with E-state index in [0.29, 0.717) is 11.5 Å². The molecule has 2 aromatic rings. The molecule has 1 atom stereocenters. The van der Waals surface area contributed by atoms with Crippen molar-refractivity contribution < 1.29 is 4.74 Å². The molecule has 5 nitrogen and oxygen atoms in total. The van der Waals surface area contributed by atoms with E-state index in [0.717, 1.165) is 22.6 Å². The number of allylic oxidation sites excluding steroid dienone is 1. The monoisotopic (exact) mass is 286 g/mol. The Morgan fingerprint density at radius 2 is 2.35 bits per heavy atom. The first kappa shape index (κ1) is 12.8. The van der Waals surface area contributed by atoms with Crippen LogP contribution in [0.2, 0.25) is 0 Å². The van der Waals surface area contributed by atoms with Gasteiger partial charge in [0.1, 0.15) is 11.6 Å². The summed E-state index contributed by atoms with van der Waals surface area (Å²) in [5.74, 6) is 0.422. The number of hydrogen-bond donors (Lipinski definition) is 2. The van der Waals surface area contributed by atoms with Gasteiger partial charge >= 0.3 is 0 Å². The summed E-state index contributed by atoms with van der Waals surface area (Å²) >= 11 is 1.70. The van der Waals surface area contributed by atoms with Crippen molar-refractivity contribution >= 4 is 11.3 Å². The third-order valence-electron chi connectivity index (χ3n) is 3.44. The first-order valence-corrected chi connectivity index (χ1v) is 7.18. The van der Waals surface area contributed by atoms with E-state index < -0.39 is 0 Å². The molecule has 6 heteroatoms. The molecule has 1 unspecified atom stereocenters.